The van der Waals surface area contributed by atoms with Gasteiger partial charge in [-0.25, -0.2) is 4.39 Å². The van der Waals surface area contributed by atoms with Crippen molar-refractivity contribution in [3.63, 3.8) is 0 Å². The highest BCUT2D eigenvalue weighted by Crippen LogP contribution is 2.42. The molecule has 2 atom stereocenters. The van der Waals surface area contributed by atoms with Crippen molar-refractivity contribution in [3.8, 4) is 5.75 Å². The van der Waals surface area contributed by atoms with Crippen LogP contribution in [-0.4, -0.2) is 10.7 Å². The maximum atomic E-state index is 13.1. The summed E-state index contributed by atoms with van der Waals surface area (Å²) in [6, 6.07) is 4.33. The van der Waals surface area contributed by atoms with Gasteiger partial charge in [-0.3, -0.25) is 0 Å². The Balaban J connectivity index is 2.30. The predicted molar refractivity (Wildman–Crippen MR) is 64.5 cm³/mol. The lowest BCUT2D eigenvalue weighted by Crippen LogP contribution is -2.39. The van der Waals surface area contributed by atoms with E-state index >= 15 is 0 Å². The zero-order chi connectivity index (χ0) is 12.6. The predicted octanol–water partition coefficient (Wildman–Crippen LogP) is 3.45. The molecular formula is C14H19FO2. The summed E-state index contributed by atoms with van der Waals surface area (Å²) in [6.07, 6.45) is 0.751. The number of hydrogen-bond donors (Lipinski definition) is 1. The van der Waals surface area contributed by atoms with E-state index in [1.807, 2.05) is 6.92 Å². The van der Waals surface area contributed by atoms with Gasteiger partial charge in [0.2, 0.25) is 0 Å². The summed E-state index contributed by atoms with van der Waals surface area (Å²) >= 11 is 0. The van der Waals surface area contributed by atoms with Crippen LogP contribution in [0.3, 0.4) is 0 Å². The Bertz CT molecular complexity index is 417. The molecule has 2 rings (SSSR count). The van der Waals surface area contributed by atoms with E-state index in [4.69, 9.17) is 4.74 Å². The fourth-order valence-electron chi connectivity index (χ4n) is 2.69. The van der Waals surface area contributed by atoms with Crippen molar-refractivity contribution in [2.45, 2.75) is 45.3 Å². The topological polar surface area (TPSA) is 29.5 Å². The number of aliphatic hydroxyl groups is 1. The molecule has 0 aliphatic carbocycles. The van der Waals surface area contributed by atoms with Crippen LogP contribution in [0, 0.1) is 11.7 Å². The first-order valence-corrected chi connectivity index (χ1v) is 6.06. The quantitative estimate of drug-likeness (QED) is 0.855. The van der Waals surface area contributed by atoms with Gasteiger partial charge in [-0.15, -0.1) is 0 Å². The maximum absolute atomic E-state index is 13.1. The third-order valence-electron chi connectivity index (χ3n) is 3.15. The second kappa shape index (κ2) is 4.30. The molecule has 1 aromatic carbocycles. The smallest absolute Gasteiger partial charge is 0.126 e. The molecule has 94 valence electrons. The minimum absolute atomic E-state index is 0.334. The average Bonchev–Trinajstić information content (AvgIpc) is 2.17. The van der Waals surface area contributed by atoms with Gasteiger partial charge >= 0.3 is 0 Å². The molecule has 0 saturated heterocycles. The van der Waals surface area contributed by atoms with Gasteiger partial charge in [0.1, 0.15) is 17.2 Å². The average molecular weight is 238 g/mol. The summed E-state index contributed by atoms with van der Waals surface area (Å²) in [5.74, 6) is 0.765. The first kappa shape index (κ1) is 12.4. The van der Waals surface area contributed by atoms with Crippen molar-refractivity contribution in [2.24, 2.45) is 5.92 Å². The normalized spacial score (nSPS) is 27.8. The molecule has 0 radical (unpaired) electrons. The number of rotatable bonds is 2. The first-order valence-electron chi connectivity index (χ1n) is 6.06. The Hall–Kier alpha value is -1.09. The van der Waals surface area contributed by atoms with Crippen molar-refractivity contribution in [1.29, 1.82) is 0 Å². The van der Waals surface area contributed by atoms with Crippen molar-refractivity contribution in [1.82, 2.24) is 0 Å². The van der Waals surface area contributed by atoms with Gasteiger partial charge in [-0.2, -0.15) is 0 Å². The molecule has 3 heteroatoms. The Morgan fingerprint density at radius 1 is 1.53 bits per heavy atom. The SMILES string of the molecule is CC(C)CC1(C)C[C@H](O)c2cc(F)ccc2O1. The summed E-state index contributed by atoms with van der Waals surface area (Å²) in [4.78, 5) is 0. The van der Waals surface area contributed by atoms with Crippen LogP contribution in [0.2, 0.25) is 0 Å². The van der Waals surface area contributed by atoms with Crippen LogP contribution in [0.4, 0.5) is 4.39 Å². The molecule has 1 unspecified atom stereocenters. The minimum atomic E-state index is -0.641. The summed E-state index contributed by atoms with van der Waals surface area (Å²) in [5.41, 5.74) is 0.199. The Morgan fingerprint density at radius 3 is 2.88 bits per heavy atom. The third-order valence-corrected chi connectivity index (χ3v) is 3.15. The molecule has 0 amide bonds. The molecule has 0 bridgehead atoms. The van der Waals surface area contributed by atoms with E-state index in [0.29, 0.717) is 23.7 Å². The lowest BCUT2D eigenvalue weighted by Gasteiger charge is -2.39. The highest BCUT2D eigenvalue weighted by Gasteiger charge is 2.37. The highest BCUT2D eigenvalue weighted by molar-refractivity contribution is 5.38. The van der Waals surface area contributed by atoms with E-state index in [1.165, 1.54) is 12.1 Å². The van der Waals surface area contributed by atoms with E-state index in [0.717, 1.165) is 6.42 Å². The van der Waals surface area contributed by atoms with E-state index in [-0.39, 0.29) is 11.4 Å². The zero-order valence-corrected chi connectivity index (χ0v) is 10.5. The number of aliphatic hydroxyl groups excluding tert-OH is 1. The molecule has 0 aromatic heterocycles. The number of ether oxygens (including phenoxy) is 1. The first-order chi connectivity index (χ1) is 7.89. The molecule has 1 heterocycles. The molecule has 1 aliphatic heterocycles. The van der Waals surface area contributed by atoms with Crippen molar-refractivity contribution < 1.29 is 14.2 Å². The van der Waals surface area contributed by atoms with Crippen LogP contribution in [-0.2, 0) is 0 Å². The second-order valence-electron chi connectivity index (χ2n) is 5.55. The van der Waals surface area contributed by atoms with Gasteiger partial charge in [-0.05, 0) is 37.5 Å². The fraction of sp³-hybridized carbons (Fsp3) is 0.571. The van der Waals surface area contributed by atoms with E-state index < -0.39 is 6.10 Å². The van der Waals surface area contributed by atoms with Crippen LogP contribution in [0.5, 0.6) is 5.75 Å². The molecule has 1 aromatic rings. The monoisotopic (exact) mass is 238 g/mol. The lowest BCUT2D eigenvalue weighted by atomic mass is 9.84. The molecule has 2 nitrogen and oxygen atoms in total. The molecule has 0 spiro atoms. The zero-order valence-electron chi connectivity index (χ0n) is 10.5. The van der Waals surface area contributed by atoms with Crippen LogP contribution in [0.1, 0.15) is 45.3 Å². The van der Waals surface area contributed by atoms with Gasteiger partial charge in [0.25, 0.3) is 0 Å². The maximum Gasteiger partial charge on any atom is 0.126 e. The molecule has 0 saturated carbocycles. The van der Waals surface area contributed by atoms with Crippen molar-refractivity contribution in [3.05, 3.63) is 29.6 Å². The Morgan fingerprint density at radius 2 is 2.24 bits per heavy atom. The summed E-state index contributed by atoms with van der Waals surface area (Å²) in [5, 5.41) is 10.1. The standard InChI is InChI=1S/C14H19FO2/c1-9(2)7-14(3)8-12(16)11-6-10(15)4-5-13(11)17-14/h4-6,9,12,16H,7-8H2,1-3H3/t12-,14?/m0/s1. The van der Waals surface area contributed by atoms with Crippen LogP contribution in [0.25, 0.3) is 0 Å². The van der Waals surface area contributed by atoms with Crippen LogP contribution >= 0.6 is 0 Å². The van der Waals surface area contributed by atoms with E-state index in [9.17, 15) is 9.50 Å². The Labute approximate surface area is 101 Å². The van der Waals surface area contributed by atoms with Crippen LogP contribution < -0.4 is 4.74 Å². The molecular weight excluding hydrogens is 219 g/mol. The second-order valence-corrected chi connectivity index (χ2v) is 5.55. The van der Waals surface area contributed by atoms with Gasteiger partial charge < -0.3 is 9.84 Å². The van der Waals surface area contributed by atoms with Gasteiger partial charge in [0.15, 0.2) is 0 Å². The molecule has 1 aliphatic rings. The largest absolute Gasteiger partial charge is 0.487 e. The number of halogens is 1. The Kier molecular flexibility index (Phi) is 3.13. The number of fused-ring (bicyclic) bond motifs is 1. The van der Waals surface area contributed by atoms with Crippen molar-refractivity contribution in [2.75, 3.05) is 0 Å². The molecule has 1 N–H and O–H groups in total. The van der Waals surface area contributed by atoms with Gasteiger partial charge in [0.05, 0.1) is 6.10 Å². The van der Waals surface area contributed by atoms with Crippen LogP contribution in [0.15, 0.2) is 18.2 Å². The highest BCUT2D eigenvalue weighted by atomic mass is 19.1. The minimum Gasteiger partial charge on any atom is -0.487 e. The van der Waals surface area contributed by atoms with E-state index in [1.54, 1.807) is 6.07 Å². The molecule has 0 fully saturated rings. The summed E-state index contributed by atoms with van der Waals surface area (Å²) < 4.78 is 19.0. The van der Waals surface area contributed by atoms with Crippen molar-refractivity contribution >= 4 is 0 Å². The van der Waals surface area contributed by atoms with Gasteiger partial charge in [0, 0.05) is 12.0 Å². The lowest BCUT2D eigenvalue weighted by molar-refractivity contribution is -0.0146. The summed E-state index contributed by atoms with van der Waals surface area (Å²) in [7, 11) is 0. The summed E-state index contributed by atoms with van der Waals surface area (Å²) in [6.45, 7) is 6.25. The number of benzene rings is 1. The third kappa shape index (κ3) is 2.60. The fourth-order valence-corrected chi connectivity index (χ4v) is 2.69. The molecule has 17 heavy (non-hydrogen) atoms. The number of hydrogen-bond acceptors (Lipinski definition) is 2. The van der Waals surface area contributed by atoms with Gasteiger partial charge in [-0.1, -0.05) is 13.8 Å². The van der Waals surface area contributed by atoms with E-state index in [2.05, 4.69) is 13.8 Å².